The van der Waals surface area contributed by atoms with Crippen LogP contribution in [0.25, 0.3) is 0 Å². The van der Waals surface area contributed by atoms with Gasteiger partial charge in [0.25, 0.3) is 0 Å². The van der Waals surface area contributed by atoms with Crippen LogP contribution < -0.4 is 0 Å². The number of esters is 3. The lowest BCUT2D eigenvalue weighted by molar-refractivity contribution is -0.167. The van der Waals surface area contributed by atoms with Gasteiger partial charge in [-0.25, -0.2) is 0 Å². The zero-order chi connectivity index (χ0) is 56.4. The standard InChI is InChI=1S/C72H134O6/c1-4-7-10-13-16-19-22-25-27-29-31-32-33-34-35-36-37-38-39-40-42-43-45-47-50-53-56-59-62-65-71(74)77-68-69(67-76-70(73)64-61-58-55-52-49-24-21-18-15-12-9-6-3)78-72(75)66-63-60-57-54-51-48-46-44-41-30-28-26-23-20-17-14-11-8-5-2/h17-18,20-21,26,28,69H,4-16,19,22-25,27,29-68H2,1-3H3/b20-17-,21-18-,28-26-. The average molecular weight is 1100 g/mol. The largest absolute Gasteiger partial charge is 0.462 e. The van der Waals surface area contributed by atoms with E-state index in [0.717, 1.165) is 70.6 Å². The van der Waals surface area contributed by atoms with Crippen molar-refractivity contribution in [1.82, 2.24) is 0 Å². The van der Waals surface area contributed by atoms with Crippen LogP contribution in [0.5, 0.6) is 0 Å². The van der Waals surface area contributed by atoms with E-state index < -0.39 is 6.10 Å². The van der Waals surface area contributed by atoms with Crippen LogP contribution in [0, 0.1) is 0 Å². The summed E-state index contributed by atoms with van der Waals surface area (Å²) in [6, 6.07) is 0. The van der Waals surface area contributed by atoms with Crippen molar-refractivity contribution in [3.63, 3.8) is 0 Å². The topological polar surface area (TPSA) is 78.9 Å². The van der Waals surface area contributed by atoms with Crippen molar-refractivity contribution in [2.24, 2.45) is 0 Å². The van der Waals surface area contributed by atoms with Gasteiger partial charge in [-0.1, -0.05) is 327 Å². The van der Waals surface area contributed by atoms with Crippen molar-refractivity contribution in [3.8, 4) is 0 Å². The van der Waals surface area contributed by atoms with E-state index in [1.807, 2.05) is 0 Å². The maximum Gasteiger partial charge on any atom is 0.306 e. The predicted molar refractivity (Wildman–Crippen MR) is 339 cm³/mol. The summed E-state index contributed by atoms with van der Waals surface area (Å²) in [7, 11) is 0. The first-order valence-corrected chi connectivity index (χ1v) is 35.0. The Morgan fingerprint density at radius 3 is 0.744 bits per heavy atom. The first-order valence-electron chi connectivity index (χ1n) is 35.0. The van der Waals surface area contributed by atoms with Crippen molar-refractivity contribution in [3.05, 3.63) is 36.5 Å². The highest BCUT2D eigenvalue weighted by Gasteiger charge is 2.19. The molecule has 0 aliphatic heterocycles. The zero-order valence-electron chi connectivity index (χ0n) is 52.7. The summed E-state index contributed by atoms with van der Waals surface area (Å²) in [6.07, 6.45) is 83.3. The van der Waals surface area contributed by atoms with Crippen molar-refractivity contribution in [1.29, 1.82) is 0 Å². The Morgan fingerprint density at radius 1 is 0.256 bits per heavy atom. The monoisotopic (exact) mass is 1100 g/mol. The normalized spacial score (nSPS) is 12.2. The van der Waals surface area contributed by atoms with Gasteiger partial charge in [-0.3, -0.25) is 14.4 Å². The summed E-state index contributed by atoms with van der Waals surface area (Å²) in [6.45, 7) is 6.65. The highest BCUT2D eigenvalue weighted by Crippen LogP contribution is 2.19. The minimum atomic E-state index is -0.776. The lowest BCUT2D eigenvalue weighted by Crippen LogP contribution is -2.30. The van der Waals surface area contributed by atoms with Gasteiger partial charge in [-0.15, -0.1) is 0 Å². The number of allylic oxidation sites excluding steroid dienone is 6. The van der Waals surface area contributed by atoms with Crippen LogP contribution >= 0.6 is 0 Å². The van der Waals surface area contributed by atoms with E-state index in [1.54, 1.807) is 0 Å². The Bertz CT molecular complexity index is 1300. The fourth-order valence-corrected chi connectivity index (χ4v) is 10.6. The van der Waals surface area contributed by atoms with Gasteiger partial charge in [0.1, 0.15) is 13.2 Å². The molecule has 6 nitrogen and oxygen atoms in total. The van der Waals surface area contributed by atoms with Crippen molar-refractivity contribution >= 4 is 17.9 Å². The zero-order valence-corrected chi connectivity index (χ0v) is 52.7. The molecule has 6 heteroatoms. The number of ether oxygens (including phenoxy) is 3. The Balaban J connectivity index is 4.16. The molecule has 0 amide bonds. The summed E-state index contributed by atoms with van der Waals surface area (Å²) in [5, 5.41) is 0. The third kappa shape index (κ3) is 64.5. The van der Waals surface area contributed by atoms with E-state index >= 15 is 0 Å². The van der Waals surface area contributed by atoms with Gasteiger partial charge in [0.2, 0.25) is 0 Å². The average Bonchev–Trinajstić information content (AvgIpc) is 3.44. The fraction of sp³-hybridized carbons (Fsp3) is 0.875. The maximum absolute atomic E-state index is 12.9. The van der Waals surface area contributed by atoms with Crippen LogP contribution in [0.1, 0.15) is 387 Å². The molecule has 0 spiro atoms. The maximum atomic E-state index is 12.9. The quantitative estimate of drug-likeness (QED) is 0.0261. The molecule has 0 rings (SSSR count). The Hall–Kier alpha value is -2.37. The summed E-state index contributed by atoms with van der Waals surface area (Å²) < 4.78 is 17.0. The minimum Gasteiger partial charge on any atom is -0.462 e. The van der Waals surface area contributed by atoms with E-state index in [-0.39, 0.29) is 31.1 Å². The molecule has 0 heterocycles. The molecule has 1 unspecified atom stereocenters. The van der Waals surface area contributed by atoms with Crippen molar-refractivity contribution in [2.45, 2.75) is 393 Å². The van der Waals surface area contributed by atoms with Gasteiger partial charge in [0, 0.05) is 19.3 Å². The highest BCUT2D eigenvalue weighted by molar-refractivity contribution is 5.71. The SMILES string of the molecule is CCCCC/C=C\C/C=C\CCCCCCCCCCCC(=O)OC(COC(=O)CCCCCCC/C=C\CCCCC)COC(=O)CCCCCCCCCCCCCCCCCCCCCCCCCCCCCCC. The molecule has 0 saturated carbocycles. The van der Waals surface area contributed by atoms with E-state index in [2.05, 4.69) is 57.2 Å². The highest BCUT2D eigenvalue weighted by atomic mass is 16.6. The predicted octanol–water partition coefficient (Wildman–Crippen LogP) is 23.9. The fourth-order valence-electron chi connectivity index (χ4n) is 10.6. The molecule has 0 aromatic heterocycles. The number of rotatable bonds is 65. The number of unbranched alkanes of at least 4 members (excludes halogenated alkanes) is 48. The molecule has 0 aliphatic carbocycles. The molecule has 458 valence electrons. The van der Waals surface area contributed by atoms with Crippen LogP contribution in [0.4, 0.5) is 0 Å². The second-order valence-corrected chi connectivity index (χ2v) is 23.8. The Labute approximate surface area is 486 Å². The van der Waals surface area contributed by atoms with Gasteiger partial charge in [-0.2, -0.15) is 0 Å². The molecule has 0 aliphatic rings. The van der Waals surface area contributed by atoms with Gasteiger partial charge in [0.05, 0.1) is 0 Å². The number of carbonyl (C=O) groups excluding carboxylic acids is 3. The molecular formula is C72H134O6. The van der Waals surface area contributed by atoms with Crippen LogP contribution in [-0.2, 0) is 28.6 Å². The van der Waals surface area contributed by atoms with Crippen LogP contribution in [0.3, 0.4) is 0 Å². The third-order valence-corrected chi connectivity index (χ3v) is 15.9. The third-order valence-electron chi connectivity index (χ3n) is 15.9. The Kier molecular flexibility index (Phi) is 65.1. The second-order valence-electron chi connectivity index (χ2n) is 23.8. The first-order chi connectivity index (χ1) is 38.5. The number of hydrogen-bond acceptors (Lipinski definition) is 6. The molecule has 0 aromatic rings. The second kappa shape index (κ2) is 67.1. The van der Waals surface area contributed by atoms with Crippen molar-refractivity contribution in [2.75, 3.05) is 13.2 Å². The van der Waals surface area contributed by atoms with Gasteiger partial charge in [0.15, 0.2) is 6.10 Å². The molecule has 0 fully saturated rings. The van der Waals surface area contributed by atoms with Crippen molar-refractivity contribution < 1.29 is 28.6 Å². The number of hydrogen-bond donors (Lipinski definition) is 0. The lowest BCUT2D eigenvalue weighted by atomic mass is 10.0. The van der Waals surface area contributed by atoms with Gasteiger partial charge < -0.3 is 14.2 Å². The first kappa shape index (κ1) is 75.6. The summed E-state index contributed by atoms with van der Waals surface area (Å²) in [4.78, 5) is 38.3. The summed E-state index contributed by atoms with van der Waals surface area (Å²) in [5.74, 6) is -0.861. The molecule has 0 saturated heterocycles. The lowest BCUT2D eigenvalue weighted by Gasteiger charge is -2.18. The number of carbonyl (C=O) groups is 3. The molecule has 0 radical (unpaired) electrons. The molecule has 0 N–H and O–H groups in total. The summed E-state index contributed by atoms with van der Waals surface area (Å²) >= 11 is 0. The Morgan fingerprint density at radius 2 is 0.462 bits per heavy atom. The van der Waals surface area contributed by atoms with Crippen LogP contribution in [0.15, 0.2) is 36.5 Å². The minimum absolute atomic E-state index is 0.0721. The van der Waals surface area contributed by atoms with Gasteiger partial charge >= 0.3 is 17.9 Å². The summed E-state index contributed by atoms with van der Waals surface area (Å²) in [5.41, 5.74) is 0. The van der Waals surface area contributed by atoms with Gasteiger partial charge in [-0.05, 0) is 77.0 Å². The van der Waals surface area contributed by atoms with E-state index in [4.69, 9.17) is 14.2 Å². The molecule has 1 atom stereocenters. The smallest absolute Gasteiger partial charge is 0.306 e. The van der Waals surface area contributed by atoms with Crippen LogP contribution in [-0.4, -0.2) is 37.2 Å². The van der Waals surface area contributed by atoms with E-state index in [9.17, 15) is 14.4 Å². The van der Waals surface area contributed by atoms with Crippen LogP contribution in [0.2, 0.25) is 0 Å². The molecule has 0 bridgehead atoms. The molecule has 0 aromatic carbocycles. The van der Waals surface area contributed by atoms with E-state index in [1.165, 1.54) is 276 Å². The molecular weight excluding hydrogens is 961 g/mol. The molecule has 78 heavy (non-hydrogen) atoms. The van der Waals surface area contributed by atoms with E-state index in [0.29, 0.717) is 19.3 Å².